The van der Waals surface area contributed by atoms with Crippen molar-refractivity contribution in [1.82, 2.24) is 14.8 Å². The van der Waals surface area contributed by atoms with Crippen molar-refractivity contribution in [2.45, 2.75) is 13.0 Å². The number of aromatic nitrogens is 1. The zero-order chi connectivity index (χ0) is 16.2. The van der Waals surface area contributed by atoms with E-state index in [2.05, 4.69) is 27.1 Å². The minimum atomic E-state index is -0.269. The van der Waals surface area contributed by atoms with Crippen LogP contribution in [-0.4, -0.2) is 53.9 Å². The number of hydrogen-bond acceptors (Lipinski definition) is 5. The Morgan fingerprint density at radius 2 is 1.91 bits per heavy atom. The molecule has 1 saturated heterocycles. The number of carbonyl (C=O) groups is 1. The number of aryl methyl sites for hydroxylation is 1. The number of anilines is 1. The molecular formula is C17H22N4OS. The van der Waals surface area contributed by atoms with E-state index in [-0.39, 0.29) is 11.9 Å². The summed E-state index contributed by atoms with van der Waals surface area (Å²) in [4.78, 5) is 21.8. The van der Waals surface area contributed by atoms with Crippen LogP contribution in [-0.2, 0) is 4.79 Å². The lowest BCUT2D eigenvalue weighted by molar-refractivity contribution is -0.122. The molecule has 0 bridgehead atoms. The molecule has 2 aromatic rings. The van der Waals surface area contributed by atoms with Crippen LogP contribution >= 0.6 is 11.3 Å². The van der Waals surface area contributed by atoms with E-state index >= 15 is 0 Å². The van der Waals surface area contributed by atoms with Gasteiger partial charge in [-0.05, 0) is 19.5 Å². The summed E-state index contributed by atoms with van der Waals surface area (Å²) in [5.74, 6) is -0.00453. The molecule has 1 fully saturated rings. The van der Waals surface area contributed by atoms with Crippen molar-refractivity contribution >= 4 is 22.4 Å². The molecule has 1 N–H and O–H groups in total. The highest BCUT2D eigenvalue weighted by atomic mass is 32.1. The molecule has 1 amide bonds. The summed E-state index contributed by atoms with van der Waals surface area (Å²) in [5.41, 5.74) is 1.96. The monoisotopic (exact) mass is 330 g/mol. The van der Waals surface area contributed by atoms with E-state index < -0.39 is 0 Å². The van der Waals surface area contributed by atoms with Gasteiger partial charge in [-0.25, -0.2) is 4.98 Å². The van der Waals surface area contributed by atoms with E-state index in [1.54, 1.807) is 0 Å². The number of amides is 1. The van der Waals surface area contributed by atoms with Crippen LogP contribution < -0.4 is 5.32 Å². The standard InChI is InChI=1S/C17H22N4OS/c1-13-12-23-17(18-13)19-16(22)15(14-6-4-3-5-7-14)21-10-8-20(2)9-11-21/h3-7,12,15H,8-11H2,1-2H3,(H,18,19,22)/t15-/m1/s1. The van der Waals surface area contributed by atoms with Crippen LogP contribution in [0.2, 0.25) is 0 Å². The summed E-state index contributed by atoms with van der Waals surface area (Å²) >= 11 is 1.47. The van der Waals surface area contributed by atoms with E-state index in [9.17, 15) is 4.79 Å². The van der Waals surface area contributed by atoms with Crippen molar-refractivity contribution in [1.29, 1.82) is 0 Å². The van der Waals surface area contributed by atoms with Gasteiger partial charge in [-0.15, -0.1) is 11.3 Å². The van der Waals surface area contributed by atoms with Crippen molar-refractivity contribution in [3.63, 3.8) is 0 Å². The molecular weight excluding hydrogens is 308 g/mol. The Hall–Kier alpha value is -1.76. The van der Waals surface area contributed by atoms with E-state index in [0.29, 0.717) is 5.13 Å². The molecule has 1 aliphatic rings. The van der Waals surface area contributed by atoms with Gasteiger partial charge >= 0.3 is 0 Å². The van der Waals surface area contributed by atoms with E-state index in [4.69, 9.17) is 0 Å². The Morgan fingerprint density at radius 3 is 2.52 bits per heavy atom. The zero-order valence-electron chi connectivity index (χ0n) is 13.5. The number of hydrogen-bond donors (Lipinski definition) is 1. The highest BCUT2D eigenvalue weighted by Crippen LogP contribution is 2.25. The maximum absolute atomic E-state index is 12.9. The Kier molecular flexibility index (Phi) is 5.05. The molecule has 23 heavy (non-hydrogen) atoms. The van der Waals surface area contributed by atoms with Gasteiger partial charge in [-0.2, -0.15) is 0 Å². The Balaban J connectivity index is 1.81. The minimum Gasteiger partial charge on any atom is -0.304 e. The fraction of sp³-hybridized carbons (Fsp3) is 0.412. The van der Waals surface area contributed by atoms with Gasteiger partial charge in [-0.3, -0.25) is 9.69 Å². The highest BCUT2D eigenvalue weighted by Gasteiger charge is 2.30. The number of rotatable bonds is 4. The van der Waals surface area contributed by atoms with Gasteiger partial charge in [0.25, 0.3) is 0 Å². The Morgan fingerprint density at radius 1 is 1.22 bits per heavy atom. The quantitative estimate of drug-likeness (QED) is 0.935. The van der Waals surface area contributed by atoms with Gasteiger partial charge < -0.3 is 10.2 Å². The van der Waals surface area contributed by atoms with Crippen LogP contribution in [0.5, 0.6) is 0 Å². The summed E-state index contributed by atoms with van der Waals surface area (Å²) in [7, 11) is 2.12. The lowest BCUT2D eigenvalue weighted by Gasteiger charge is -2.37. The van der Waals surface area contributed by atoms with Crippen LogP contribution in [0.1, 0.15) is 17.3 Å². The summed E-state index contributed by atoms with van der Waals surface area (Å²) < 4.78 is 0. The third-order valence-corrected chi connectivity index (χ3v) is 4.99. The first-order valence-corrected chi connectivity index (χ1v) is 8.72. The molecule has 5 nitrogen and oxygen atoms in total. The van der Waals surface area contributed by atoms with Gasteiger partial charge in [0.1, 0.15) is 6.04 Å². The Labute approximate surface area is 140 Å². The highest BCUT2D eigenvalue weighted by molar-refractivity contribution is 7.13. The van der Waals surface area contributed by atoms with Crippen molar-refractivity contribution in [2.24, 2.45) is 0 Å². The molecule has 6 heteroatoms. The van der Waals surface area contributed by atoms with E-state index in [1.165, 1.54) is 11.3 Å². The van der Waals surface area contributed by atoms with Crippen LogP contribution in [0, 0.1) is 6.92 Å². The molecule has 0 aliphatic carbocycles. The van der Waals surface area contributed by atoms with Crippen LogP contribution in [0.3, 0.4) is 0 Å². The molecule has 0 radical (unpaired) electrons. The van der Waals surface area contributed by atoms with Gasteiger partial charge in [0.2, 0.25) is 5.91 Å². The molecule has 1 aliphatic heterocycles. The van der Waals surface area contributed by atoms with Gasteiger partial charge in [-0.1, -0.05) is 30.3 Å². The molecule has 1 aromatic carbocycles. The molecule has 1 aromatic heterocycles. The number of thiazole rings is 1. The largest absolute Gasteiger partial charge is 0.304 e. The average Bonchev–Trinajstić information content (AvgIpc) is 2.95. The fourth-order valence-corrected chi connectivity index (χ4v) is 3.52. The zero-order valence-corrected chi connectivity index (χ0v) is 14.3. The minimum absolute atomic E-state index is 0.00453. The van der Waals surface area contributed by atoms with Crippen molar-refractivity contribution in [3.8, 4) is 0 Å². The Bertz CT molecular complexity index is 650. The van der Waals surface area contributed by atoms with Crippen LogP contribution in [0.4, 0.5) is 5.13 Å². The number of benzene rings is 1. The summed E-state index contributed by atoms with van der Waals surface area (Å²) in [5, 5.41) is 5.60. The maximum atomic E-state index is 12.9. The third kappa shape index (κ3) is 3.96. The molecule has 1 atom stereocenters. The van der Waals surface area contributed by atoms with Gasteiger partial charge in [0, 0.05) is 31.6 Å². The summed E-state index contributed by atoms with van der Waals surface area (Å²) in [6, 6.07) is 9.73. The molecule has 3 rings (SSSR count). The topological polar surface area (TPSA) is 48.5 Å². The predicted molar refractivity (Wildman–Crippen MR) is 93.7 cm³/mol. The van der Waals surface area contributed by atoms with E-state index in [1.807, 2.05) is 42.6 Å². The smallest absolute Gasteiger partial charge is 0.248 e. The first-order chi connectivity index (χ1) is 11.1. The van der Waals surface area contributed by atoms with Crippen LogP contribution in [0.15, 0.2) is 35.7 Å². The SMILES string of the molecule is Cc1csc(NC(=O)[C@@H](c2ccccc2)N2CCN(C)CC2)n1. The number of carbonyl (C=O) groups excluding carboxylic acids is 1. The lowest BCUT2D eigenvalue weighted by atomic mass is 10.0. The third-order valence-electron chi connectivity index (χ3n) is 4.12. The van der Waals surface area contributed by atoms with Gasteiger partial charge in [0.15, 0.2) is 5.13 Å². The number of likely N-dealkylation sites (N-methyl/N-ethyl adjacent to an activating group) is 1. The number of piperazine rings is 1. The maximum Gasteiger partial charge on any atom is 0.248 e. The lowest BCUT2D eigenvalue weighted by Crippen LogP contribution is -2.48. The van der Waals surface area contributed by atoms with Crippen molar-refractivity contribution < 1.29 is 4.79 Å². The van der Waals surface area contributed by atoms with E-state index in [0.717, 1.165) is 37.4 Å². The van der Waals surface area contributed by atoms with Crippen molar-refractivity contribution in [2.75, 3.05) is 38.5 Å². The predicted octanol–water partition coefficient (Wildman–Crippen LogP) is 2.38. The summed E-state index contributed by atoms with van der Waals surface area (Å²) in [6.45, 7) is 5.67. The normalized spacial score (nSPS) is 17.8. The fourth-order valence-electron chi connectivity index (χ4n) is 2.83. The number of nitrogens with zero attached hydrogens (tertiary/aromatic N) is 3. The molecule has 0 spiro atoms. The first kappa shape index (κ1) is 16.1. The van der Waals surface area contributed by atoms with Gasteiger partial charge in [0.05, 0.1) is 5.69 Å². The average molecular weight is 330 g/mol. The first-order valence-electron chi connectivity index (χ1n) is 7.84. The second kappa shape index (κ2) is 7.21. The summed E-state index contributed by atoms with van der Waals surface area (Å²) in [6.07, 6.45) is 0. The molecule has 0 unspecified atom stereocenters. The number of nitrogens with one attached hydrogen (secondary N) is 1. The molecule has 122 valence electrons. The second-order valence-electron chi connectivity index (χ2n) is 5.94. The molecule has 0 saturated carbocycles. The van der Waals surface area contributed by atoms with Crippen molar-refractivity contribution in [3.05, 3.63) is 47.0 Å². The second-order valence-corrected chi connectivity index (χ2v) is 6.79. The van der Waals surface area contributed by atoms with Crippen LogP contribution in [0.25, 0.3) is 0 Å². The molecule has 2 heterocycles.